The molecule has 0 atom stereocenters. The van der Waals surface area contributed by atoms with Crippen LogP contribution in [0.4, 0.5) is 11.8 Å². The number of benzene rings is 1. The van der Waals surface area contributed by atoms with Crippen molar-refractivity contribution in [2.45, 2.75) is 25.8 Å². The van der Waals surface area contributed by atoms with Gasteiger partial charge >= 0.3 is 0 Å². The molecule has 0 unspecified atom stereocenters. The highest BCUT2D eigenvalue weighted by Gasteiger charge is 2.23. The van der Waals surface area contributed by atoms with Gasteiger partial charge in [0.1, 0.15) is 0 Å². The van der Waals surface area contributed by atoms with E-state index in [1.165, 1.54) is 16.9 Å². The lowest BCUT2D eigenvalue weighted by molar-refractivity contribution is 0.0933. The van der Waals surface area contributed by atoms with Gasteiger partial charge in [-0.05, 0) is 44.5 Å². The van der Waals surface area contributed by atoms with Crippen molar-refractivity contribution in [2.75, 3.05) is 49.7 Å². The number of hydrogen-bond donors (Lipinski definition) is 3. The average molecular weight is 480 g/mol. The van der Waals surface area contributed by atoms with Crippen LogP contribution in [0.5, 0.6) is 0 Å². The normalized spacial score (nSPS) is 17.4. The summed E-state index contributed by atoms with van der Waals surface area (Å²) in [6.45, 7) is 6.69. The molecule has 10 heteroatoms. The number of aryl methyl sites for hydroxylation is 1. The summed E-state index contributed by atoms with van der Waals surface area (Å²) in [6.07, 6.45) is 3.64. The molecule has 2 aliphatic rings. The minimum atomic E-state index is -0.0465. The van der Waals surface area contributed by atoms with Gasteiger partial charge in [0.05, 0.1) is 34.5 Å². The molecule has 4 heterocycles. The first-order valence-corrected chi connectivity index (χ1v) is 12.5. The first-order chi connectivity index (χ1) is 16.7. The van der Waals surface area contributed by atoms with Gasteiger partial charge in [-0.15, -0.1) is 11.3 Å². The number of nitrogens with one attached hydrogen (secondary N) is 3. The zero-order valence-electron chi connectivity index (χ0n) is 19.2. The highest BCUT2D eigenvalue weighted by Crippen LogP contribution is 2.33. The second kappa shape index (κ2) is 10.5. The number of rotatable bonds is 6. The lowest BCUT2D eigenvalue weighted by Gasteiger charge is -2.28. The van der Waals surface area contributed by atoms with Gasteiger partial charge < -0.3 is 20.3 Å². The molecule has 34 heavy (non-hydrogen) atoms. The minimum absolute atomic E-state index is 0.0465. The third-order valence-corrected chi connectivity index (χ3v) is 7.10. The third kappa shape index (κ3) is 5.35. The third-order valence-electron chi connectivity index (χ3n) is 5.98. The first-order valence-electron chi connectivity index (χ1n) is 11.7. The SMILES string of the molecule is Cc1cccc(/C=N/Nc2nc(N3CCOCC3)c3sc(C(=O)NC4CCNCC4)cc3n2)c1. The number of nitrogens with zero attached hydrogens (tertiary/aromatic N) is 4. The first kappa shape index (κ1) is 22.7. The molecule has 0 saturated carbocycles. The fraction of sp³-hybridized carbons (Fsp3) is 0.417. The fourth-order valence-corrected chi connectivity index (χ4v) is 5.22. The number of anilines is 2. The lowest BCUT2D eigenvalue weighted by atomic mass is 10.1. The Morgan fingerprint density at radius 3 is 2.85 bits per heavy atom. The molecule has 2 aliphatic heterocycles. The summed E-state index contributed by atoms with van der Waals surface area (Å²) in [5, 5.41) is 10.8. The second-order valence-corrected chi connectivity index (χ2v) is 9.63. The molecule has 0 aliphatic carbocycles. The number of thiophene rings is 1. The van der Waals surface area contributed by atoms with Crippen molar-refractivity contribution in [1.82, 2.24) is 20.6 Å². The zero-order valence-corrected chi connectivity index (χ0v) is 20.0. The number of piperidine rings is 1. The van der Waals surface area contributed by atoms with E-state index in [0.717, 1.165) is 60.6 Å². The number of morpholine rings is 1. The predicted octanol–water partition coefficient (Wildman–Crippen LogP) is 2.76. The predicted molar refractivity (Wildman–Crippen MR) is 136 cm³/mol. The number of hydrazone groups is 1. The Balaban J connectivity index is 1.41. The van der Waals surface area contributed by atoms with E-state index in [1.807, 2.05) is 31.2 Å². The van der Waals surface area contributed by atoms with Crippen LogP contribution in [-0.4, -0.2) is 67.5 Å². The van der Waals surface area contributed by atoms with E-state index in [1.54, 1.807) is 6.21 Å². The standard InChI is InChI=1S/C24H29N7O2S/c1-16-3-2-4-17(13-16)15-26-30-24-28-19-14-20(23(32)27-18-5-7-25-8-6-18)34-21(19)22(29-24)31-9-11-33-12-10-31/h2-4,13-15,18,25H,5-12H2,1H3,(H,27,32)(H,28,29,30)/b26-15+. The van der Waals surface area contributed by atoms with E-state index in [-0.39, 0.29) is 11.9 Å². The van der Waals surface area contributed by atoms with Crippen LogP contribution in [0.1, 0.15) is 33.6 Å². The van der Waals surface area contributed by atoms with E-state index in [2.05, 4.69) is 37.1 Å². The highest BCUT2D eigenvalue weighted by molar-refractivity contribution is 7.21. The zero-order chi connectivity index (χ0) is 23.3. The van der Waals surface area contributed by atoms with Crippen molar-refractivity contribution in [3.63, 3.8) is 0 Å². The molecule has 2 saturated heterocycles. The Bertz CT molecular complexity index is 1180. The van der Waals surface area contributed by atoms with Gasteiger partial charge in [0.15, 0.2) is 5.82 Å². The highest BCUT2D eigenvalue weighted by atomic mass is 32.1. The largest absolute Gasteiger partial charge is 0.378 e. The van der Waals surface area contributed by atoms with E-state index in [9.17, 15) is 4.79 Å². The number of ether oxygens (including phenoxy) is 1. The molecule has 2 fully saturated rings. The van der Waals surface area contributed by atoms with E-state index in [4.69, 9.17) is 9.72 Å². The smallest absolute Gasteiger partial charge is 0.261 e. The van der Waals surface area contributed by atoms with Crippen LogP contribution >= 0.6 is 11.3 Å². The Hall–Kier alpha value is -3.08. The molecule has 3 aromatic rings. The van der Waals surface area contributed by atoms with Gasteiger partial charge in [-0.3, -0.25) is 4.79 Å². The van der Waals surface area contributed by atoms with Crippen molar-refractivity contribution in [1.29, 1.82) is 0 Å². The summed E-state index contributed by atoms with van der Waals surface area (Å²) in [5.41, 5.74) is 5.88. The van der Waals surface area contributed by atoms with Crippen molar-refractivity contribution in [3.05, 3.63) is 46.3 Å². The van der Waals surface area contributed by atoms with Gasteiger partial charge in [-0.25, -0.2) is 10.4 Å². The van der Waals surface area contributed by atoms with Gasteiger partial charge in [-0.1, -0.05) is 29.8 Å². The summed E-state index contributed by atoms with van der Waals surface area (Å²) in [5.74, 6) is 1.17. The Labute approximate surface area is 202 Å². The number of aromatic nitrogens is 2. The number of amides is 1. The molecule has 178 valence electrons. The van der Waals surface area contributed by atoms with Gasteiger partial charge in [0, 0.05) is 19.1 Å². The molecule has 0 spiro atoms. The summed E-state index contributed by atoms with van der Waals surface area (Å²) < 4.78 is 6.43. The fourth-order valence-electron chi connectivity index (χ4n) is 4.20. The molecular formula is C24H29N7O2S. The second-order valence-electron chi connectivity index (χ2n) is 8.58. The molecule has 3 N–H and O–H groups in total. The van der Waals surface area contributed by atoms with Crippen LogP contribution in [0.2, 0.25) is 0 Å². The Morgan fingerprint density at radius 2 is 2.06 bits per heavy atom. The van der Waals surface area contributed by atoms with E-state index in [0.29, 0.717) is 24.0 Å². The van der Waals surface area contributed by atoms with Crippen LogP contribution in [0.25, 0.3) is 10.2 Å². The van der Waals surface area contributed by atoms with Crippen molar-refractivity contribution in [3.8, 4) is 0 Å². The summed E-state index contributed by atoms with van der Waals surface area (Å²) in [6, 6.07) is 10.2. The van der Waals surface area contributed by atoms with E-state index < -0.39 is 0 Å². The maximum Gasteiger partial charge on any atom is 0.261 e. The molecule has 1 amide bonds. The molecule has 5 rings (SSSR count). The Kier molecular flexibility index (Phi) is 6.98. The summed E-state index contributed by atoms with van der Waals surface area (Å²) >= 11 is 1.44. The van der Waals surface area contributed by atoms with Crippen LogP contribution in [-0.2, 0) is 4.74 Å². The molecule has 0 bridgehead atoms. The molecule has 9 nitrogen and oxygen atoms in total. The van der Waals surface area contributed by atoms with Gasteiger partial charge in [0.2, 0.25) is 5.95 Å². The van der Waals surface area contributed by atoms with Crippen molar-refractivity contribution in [2.24, 2.45) is 5.10 Å². The monoisotopic (exact) mass is 479 g/mol. The molecule has 2 aromatic heterocycles. The van der Waals surface area contributed by atoms with Crippen LogP contribution in [0.15, 0.2) is 35.4 Å². The number of carbonyl (C=O) groups is 1. The number of hydrogen-bond acceptors (Lipinski definition) is 9. The van der Waals surface area contributed by atoms with Crippen molar-refractivity contribution >= 4 is 45.4 Å². The summed E-state index contributed by atoms with van der Waals surface area (Å²) in [4.78, 5) is 25.2. The maximum absolute atomic E-state index is 13.0. The molecule has 1 aromatic carbocycles. The van der Waals surface area contributed by atoms with Crippen LogP contribution in [0.3, 0.4) is 0 Å². The van der Waals surface area contributed by atoms with E-state index >= 15 is 0 Å². The van der Waals surface area contributed by atoms with Crippen LogP contribution < -0.4 is 21.0 Å². The molecular weight excluding hydrogens is 450 g/mol. The summed E-state index contributed by atoms with van der Waals surface area (Å²) in [7, 11) is 0. The lowest BCUT2D eigenvalue weighted by Crippen LogP contribution is -2.42. The molecule has 0 radical (unpaired) electrons. The maximum atomic E-state index is 13.0. The topological polar surface area (TPSA) is 104 Å². The minimum Gasteiger partial charge on any atom is -0.378 e. The van der Waals surface area contributed by atoms with Crippen LogP contribution in [0, 0.1) is 6.92 Å². The number of carbonyl (C=O) groups excluding carboxylic acids is 1. The average Bonchev–Trinajstić information content (AvgIpc) is 3.29. The Morgan fingerprint density at radius 1 is 1.24 bits per heavy atom. The van der Waals surface area contributed by atoms with Gasteiger partial charge in [-0.2, -0.15) is 10.1 Å². The van der Waals surface area contributed by atoms with Crippen molar-refractivity contribution < 1.29 is 9.53 Å². The number of fused-ring (bicyclic) bond motifs is 1. The van der Waals surface area contributed by atoms with Gasteiger partial charge in [0.25, 0.3) is 5.91 Å². The quantitative estimate of drug-likeness (QED) is 0.369.